The molecule has 3 heterocycles. The molecule has 1 aromatic heterocycles. The van der Waals surface area contributed by atoms with E-state index in [1.165, 1.54) is 18.4 Å². The first-order valence-corrected chi connectivity index (χ1v) is 12.1. The van der Waals surface area contributed by atoms with Crippen molar-refractivity contribution in [3.8, 4) is 5.75 Å². The molecule has 2 aliphatic heterocycles. The highest BCUT2D eigenvalue weighted by Gasteiger charge is 2.30. The van der Waals surface area contributed by atoms with Crippen LogP contribution in [0.2, 0.25) is 0 Å². The molecular formula is C28H24N2O4S. The minimum Gasteiger partial charge on any atom is -0.485 e. The van der Waals surface area contributed by atoms with Crippen molar-refractivity contribution in [1.82, 2.24) is 4.57 Å². The van der Waals surface area contributed by atoms with Crippen LogP contribution in [0.4, 0.5) is 0 Å². The Morgan fingerprint density at radius 1 is 1.14 bits per heavy atom. The summed E-state index contributed by atoms with van der Waals surface area (Å²) >= 11 is 1.30. The number of nitrogens with zero attached hydrogens (tertiary/aromatic N) is 2. The van der Waals surface area contributed by atoms with Gasteiger partial charge in [-0.25, -0.2) is 9.79 Å². The second-order valence-corrected chi connectivity index (χ2v) is 9.34. The fraction of sp³-hybridized carbons (Fsp3) is 0.179. The lowest BCUT2D eigenvalue weighted by Gasteiger charge is -2.22. The average Bonchev–Trinajstić information content (AvgIpc) is 3.17. The smallest absolute Gasteiger partial charge is 0.338 e. The van der Waals surface area contributed by atoms with Crippen LogP contribution in [-0.4, -0.2) is 23.8 Å². The topological polar surface area (TPSA) is 69.9 Å². The van der Waals surface area contributed by atoms with Gasteiger partial charge in [0.15, 0.2) is 4.80 Å². The van der Waals surface area contributed by atoms with E-state index < -0.39 is 12.0 Å². The fourth-order valence-electron chi connectivity index (χ4n) is 4.26. The van der Waals surface area contributed by atoms with Crippen LogP contribution in [0.3, 0.4) is 0 Å². The predicted octanol–water partition coefficient (Wildman–Crippen LogP) is 3.89. The summed E-state index contributed by atoms with van der Waals surface area (Å²) in [5, 5.41) is 0. The van der Waals surface area contributed by atoms with E-state index in [1.807, 2.05) is 85.8 Å². The Bertz CT molecular complexity index is 1570. The van der Waals surface area contributed by atoms with Gasteiger partial charge in [-0.3, -0.25) is 9.36 Å². The molecule has 2 aromatic carbocycles. The molecule has 2 atom stereocenters. The Morgan fingerprint density at radius 3 is 2.66 bits per heavy atom. The van der Waals surface area contributed by atoms with Crippen molar-refractivity contribution in [2.75, 3.05) is 7.11 Å². The Morgan fingerprint density at radius 2 is 1.89 bits per heavy atom. The number of allylic oxidation sites excluding steroid dienone is 2. The van der Waals surface area contributed by atoms with E-state index in [-0.39, 0.29) is 11.7 Å². The molecule has 0 fully saturated rings. The van der Waals surface area contributed by atoms with Crippen molar-refractivity contribution < 1.29 is 14.3 Å². The van der Waals surface area contributed by atoms with E-state index in [0.29, 0.717) is 20.6 Å². The fourth-order valence-corrected chi connectivity index (χ4v) is 5.31. The van der Waals surface area contributed by atoms with Gasteiger partial charge in [0.05, 0.1) is 29.0 Å². The normalized spacial score (nSPS) is 19.5. The molecule has 5 rings (SSSR count). The van der Waals surface area contributed by atoms with Gasteiger partial charge in [-0.1, -0.05) is 72.0 Å². The van der Waals surface area contributed by atoms with Gasteiger partial charge in [-0.05, 0) is 43.2 Å². The van der Waals surface area contributed by atoms with E-state index in [9.17, 15) is 9.59 Å². The summed E-state index contributed by atoms with van der Waals surface area (Å²) in [7, 11) is 1.33. The maximum Gasteiger partial charge on any atom is 0.338 e. The van der Waals surface area contributed by atoms with Crippen LogP contribution in [0, 0.1) is 0 Å². The van der Waals surface area contributed by atoms with Gasteiger partial charge in [0, 0.05) is 5.56 Å². The summed E-state index contributed by atoms with van der Waals surface area (Å²) in [6, 6.07) is 16.9. The van der Waals surface area contributed by atoms with Crippen LogP contribution in [0.5, 0.6) is 5.75 Å². The second kappa shape index (κ2) is 9.35. The first-order valence-electron chi connectivity index (χ1n) is 11.3. The number of thiazole rings is 1. The van der Waals surface area contributed by atoms with Crippen molar-refractivity contribution >= 4 is 35.5 Å². The third-order valence-electron chi connectivity index (χ3n) is 6.05. The largest absolute Gasteiger partial charge is 0.485 e. The third-order valence-corrected chi connectivity index (χ3v) is 7.03. The average molecular weight is 485 g/mol. The summed E-state index contributed by atoms with van der Waals surface area (Å²) in [6.45, 7) is 3.73. The van der Waals surface area contributed by atoms with Crippen LogP contribution in [-0.2, 0) is 9.53 Å². The number of aromatic nitrogens is 1. The van der Waals surface area contributed by atoms with Gasteiger partial charge in [-0.15, -0.1) is 0 Å². The molecule has 176 valence electrons. The SMILES string of the molecule is COC(=O)C1=C(C)N=c2sc(=CC3=Cc4ccccc4OC3C)c(=O)n2C1C=Cc1ccccc1. The molecule has 0 saturated carbocycles. The standard InChI is InChI=1S/C28H24N2O4S/c1-17-25(27(32)33-3)22(14-13-19-9-5-4-6-10-19)30-26(31)24(35-28(30)29-17)16-21-15-20-11-7-8-12-23(20)34-18(21)2/h4-16,18,22H,1-3H3. The van der Waals surface area contributed by atoms with Crippen molar-refractivity contribution in [3.05, 3.63) is 108 Å². The van der Waals surface area contributed by atoms with Gasteiger partial charge in [0.25, 0.3) is 5.56 Å². The Hall–Kier alpha value is -3.97. The Labute approximate surface area is 206 Å². The van der Waals surface area contributed by atoms with E-state index in [2.05, 4.69) is 4.99 Å². The first-order chi connectivity index (χ1) is 17.0. The maximum atomic E-state index is 13.6. The van der Waals surface area contributed by atoms with Crippen LogP contribution in [0.1, 0.15) is 31.0 Å². The van der Waals surface area contributed by atoms with Crippen LogP contribution in [0.25, 0.3) is 18.2 Å². The number of hydrogen-bond acceptors (Lipinski definition) is 6. The molecule has 0 spiro atoms. The number of para-hydroxylation sites is 1. The minimum atomic E-state index is -0.629. The number of fused-ring (bicyclic) bond motifs is 2. The number of hydrogen-bond donors (Lipinski definition) is 0. The second-order valence-electron chi connectivity index (χ2n) is 8.33. The summed E-state index contributed by atoms with van der Waals surface area (Å²) in [4.78, 5) is 31.4. The number of esters is 1. The first kappa shape index (κ1) is 22.8. The van der Waals surface area contributed by atoms with E-state index in [4.69, 9.17) is 9.47 Å². The molecular weight excluding hydrogens is 460 g/mol. The number of carbonyl (C=O) groups is 1. The van der Waals surface area contributed by atoms with E-state index in [1.54, 1.807) is 11.5 Å². The van der Waals surface area contributed by atoms with E-state index in [0.717, 1.165) is 22.4 Å². The van der Waals surface area contributed by atoms with Crippen molar-refractivity contribution in [2.45, 2.75) is 26.0 Å². The molecule has 0 radical (unpaired) electrons. The molecule has 2 aliphatic rings. The molecule has 0 aliphatic carbocycles. The van der Waals surface area contributed by atoms with Gasteiger partial charge in [0.1, 0.15) is 11.9 Å². The zero-order chi connectivity index (χ0) is 24.5. The summed E-state index contributed by atoms with van der Waals surface area (Å²) < 4.78 is 13.2. The van der Waals surface area contributed by atoms with Crippen molar-refractivity contribution in [1.29, 1.82) is 0 Å². The lowest BCUT2D eigenvalue weighted by atomic mass is 10.0. The minimum absolute atomic E-state index is 0.204. The number of benzene rings is 2. The molecule has 2 unspecified atom stereocenters. The number of carbonyl (C=O) groups excluding carboxylic acids is 1. The third kappa shape index (κ3) is 4.31. The van der Waals surface area contributed by atoms with Gasteiger partial charge in [0.2, 0.25) is 0 Å². The summed E-state index contributed by atoms with van der Waals surface area (Å²) in [5.41, 5.74) is 3.50. The highest BCUT2D eigenvalue weighted by Crippen LogP contribution is 2.30. The lowest BCUT2D eigenvalue weighted by molar-refractivity contribution is -0.136. The molecule has 7 heteroatoms. The van der Waals surface area contributed by atoms with Crippen LogP contribution in [0.15, 0.2) is 87.3 Å². The predicted molar refractivity (Wildman–Crippen MR) is 138 cm³/mol. The van der Waals surface area contributed by atoms with Crippen LogP contribution < -0.4 is 19.6 Å². The Kier molecular flexibility index (Phi) is 6.09. The molecule has 0 amide bonds. The van der Waals surface area contributed by atoms with Crippen molar-refractivity contribution in [2.24, 2.45) is 4.99 Å². The zero-order valence-electron chi connectivity index (χ0n) is 19.6. The van der Waals surface area contributed by atoms with Gasteiger partial charge >= 0.3 is 5.97 Å². The Balaban J connectivity index is 1.64. The lowest BCUT2D eigenvalue weighted by Crippen LogP contribution is -2.38. The molecule has 0 saturated heterocycles. The van der Waals surface area contributed by atoms with Gasteiger partial charge in [-0.2, -0.15) is 0 Å². The zero-order valence-corrected chi connectivity index (χ0v) is 20.4. The highest BCUT2D eigenvalue weighted by molar-refractivity contribution is 7.07. The number of methoxy groups -OCH3 is 1. The molecule has 0 N–H and O–H groups in total. The highest BCUT2D eigenvalue weighted by atomic mass is 32.1. The molecule has 3 aromatic rings. The maximum absolute atomic E-state index is 13.6. The van der Waals surface area contributed by atoms with Crippen molar-refractivity contribution in [3.63, 3.8) is 0 Å². The molecule has 0 bridgehead atoms. The van der Waals surface area contributed by atoms with Gasteiger partial charge < -0.3 is 9.47 Å². The van der Waals surface area contributed by atoms with E-state index >= 15 is 0 Å². The summed E-state index contributed by atoms with van der Waals surface area (Å²) in [5.74, 6) is 0.319. The quantitative estimate of drug-likeness (QED) is 0.527. The number of rotatable bonds is 4. The monoisotopic (exact) mass is 484 g/mol. The molecule has 35 heavy (non-hydrogen) atoms. The molecule has 6 nitrogen and oxygen atoms in total. The summed E-state index contributed by atoms with van der Waals surface area (Å²) in [6.07, 6.45) is 7.45. The van der Waals surface area contributed by atoms with Crippen LogP contribution >= 0.6 is 11.3 Å². The number of ether oxygens (including phenoxy) is 2.